The number of ether oxygens (including phenoxy) is 2. The zero-order valence-electron chi connectivity index (χ0n) is 13.0. The van der Waals surface area contributed by atoms with Gasteiger partial charge in [-0.25, -0.2) is 0 Å². The van der Waals surface area contributed by atoms with Gasteiger partial charge in [0.15, 0.2) is 0 Å². The van der Waals surface area contributed by atoms with Gasteiger partial charge in [-0.1, -0.05) is 18.6 Å². The van der Waals surface area contributed by atoms with Gasteiger partial charge in [0.05, 0.1) is 13.2 Å². The minimum Gasteiger partial charge on any atom is -0.493 e. The van der Waals surface area contributed by atoms with Gasteiger partial charge in [0, 0.05) is 20.2 Å². The third-order valence-electron chi connectivity index (χ3n) is 5.06. The van der Waals surface area contributed by atoms with E-state index in [1.54, 1.807) is 7.11 Å². The lowest BCUT2D eigenvalue weighted by atomic mass is 9.89. The lowest BCUT2D eigenvalue weighted by Gasteiger charge is -2.21. The van der Waals surface area contributed by atoms with Crippen LogP contribution in [0, 0.1) is 17.8 Å². The molecule has 1 aromatic rings. The molecule has 0 aliphatic heterocycles. The predicted octanol–water partition coefficient (Wildman–Crippen LogP) is 3.24. The van der Waals surface area contributed by atoms with Crippen molar-refractivity contribution in [3.05, 3.63) is 29.8 Å². The maximum atomic E-state index is 6.06. The van der Waals surface area contributed by atoms with Crippen LogP contribution >= 0.6 is 0 Å². The Kier molecular flexibility index (Phi) is 5.15. The number of hydrogen-bond acceptors (Lipinski definition) is 3. The molecule has 0 heterocycles. The number of hydrogen-bond donors (Lipinski definition) is 1. The van der Waals surface area contributed by atoms with Crippen LogP contribution in [0.4, 0.5) is 0 Å². The second-order valence-electron chi connectivity index (χ2n) is 6.56. The Morgan fingerprint density at radius 3 is 2.95 bits per heavy atom. The molecule has 2 aliphatic carbocycles. The molecule has 3 rings (SSSR count). The van der Waals surface area contributed by atoms with E-state index in [0.717, 1.165) is 49.8 Å². The molecule has 2 bridgehead atoms. The van der Waals surface area contributed by atoms with Crippen molar-refractivity contribution in [2.75, 3.05) is 26.9 Å². The molecule has 0 spiro atoms. The number of benzene rings is 1. The van der Waals surface area contributed by atoms with Gasteiger partial charge in [0.2, 0.25) is 0 Å². The Balaban J connectivity index is 1.45. The summed E-state index contributed by atoms with van der Waals surface area (Å²) in [5.41, 5.74) is 1.27. The normalized spacial score (nSPS) is 27.2. The standard InChI is InChI=1S/C18H27NO2/c1-20-8-7-19-12-15-3-2-4-18(11-15)21-13-17-10-14-5-6-16(17)9-14/h2-4,11,14,16-17,19H,5-10,12-13H2,1H3. The van der Waals surface area contributed by atoms with Gasteiger partial charge >= 0.3 is 0 Å². The Labute approximate surface area is 128 Å². The fourth-order valence-electron chi connectivity index (χ4n) is 3.94. The molecule has 0 saturated heterocycles. The summed E-state index contributed by atoms with van der Waals surface area (Å²) >= 11 is 0. The van der Waals surface area contributed by atoms with Crippen LogP contribution in [0.1, 0.15) is 31.2 Å². The van der Waals surface area contributed by atoms with Crippen LogP contribution < -0.4 is 10.1 Å². The Bertz CT molecular complexity index is 449. The summed E-state index contributed by atoms with van der Waals surface area (Å²) < 4.78 is 11.1. The molecule has 1 aromatic carbocycles. The Hall–Kier alpha value is -1.06. The first-order valence-electron chi connectivity index (χ1n) is 8.26. The third kappa shape index (κ3) is 3.98. The summed E-state index contributed by atoms with van der Waals surface area (Å²) in [5.74, 6) is 3.75. The van der Waals surface area contributed by atoms with E-state index in [1.165, 1.54) is 31.2 Å². The van der Waals surface area contributed by atoms with Crippen molar-refractivity contribution >= 4 is 0 Å². The van der Waals surface area contributed by atoms with Gasteiger partial charge in [-0.3, -0.25) is 0 Å². The van der Waals surface area contributed by atoms with E-state index in [1.807, 2.05) is 0 Å². The van der Waals surface area contributed by atoms with Crippen LogP contribution in [0.15, 0.2) is 24.3 Å². The fourth-order valence-corrected chi connectivity index (χ4v) is 3.94. The van der Waals surface area contributed by atoms with Crippen LogP contribution in [-0.2, 0) is 11.3 Å². The zero-order valence-corrected chi connectivity index (χ0v) is 13.0. The van der Waals surface area contributed by atoms with Gasteiger partial charge in [-0.05, 0) is 54.7 Å². The smallest absolute Gasteiger partial charge is 0.119 e. The lowest BCUT2D eigenvalue weighted by Crippen LogP contribution is -2.19. The maximum absolute atomic E-state index is 6.06. The van der Waals surface area contributed by atoms with Crippen molar-refractivity contribution in [1.82, 2.24) is 5.32 Å². The van der Waals surface area contributed by atoms with Crippen molar-refractivity contribution in [2.45, 2.75) is 32.2 Å². The predicted molar refractivity (Wildman–Crippen MR) is 84.5 cm³/mol. The molecular weight excluding hydrogens is 262 g/mol. The topological polar surface area (TPSA) is 30.5 Å². The summed E-state index contributed by atoms with van der Waals surface area (Å²) in [6.45, 7) is 3.41. The van der Waals surface area contributed by atoms with Gasteiger partial charge < -0.3 is 14.8 Å². The van der Waals surface area contributed by atoms with E-state index in [4.69, 9.17) is 9.47 Å². The number of fused-ring (bicyclic) bond motifs is 2. The second-order valence-corrected chi connectivity index (χ2v) is 6.56. The van der Waals surface area contributed by atoms with E-state index < -0.39 is 0 Å². The van der Waals surface area contributed by atoms with Crippen LogP contribution in [0.5, 0.6) is 5.75 Å². The molecule has 0 aromatic heterocycles. The molecule has 3 heteroatoms. The highest BCUT2D eigenvalue weighted by atomic mass is 16.5. The van der Waals surface area contributed by atoms with E-state index >= 15 is 0 Å². The largest absolute Gasteiger partial charge is 0.493 e. The first kappa shape index (κ1) is 14.9. The van der Waals surface area contributed by atoms with Gasteiger partial charge in [-0.2, -0.15) is 0 Å². The zero-order chi connectivity index (χ0) is 14.5. The molecule has 2 fully saturated rings. The number of nitrogens with one attached hydrogen (secondary N) is 1. The molecule has 3 unspecified atom stereocenters. The molecule has 2 saturated carbocycles. The van der Waals surface area contributed by atoms with E-state index in [-0.39, 0.29) is 0 Å². The maximum Gasteiger partial charge on any atom is 0.119 e. The highest BCUT2D eigenvalue weighted by Gasteiger charge is 2.39. The van der Waals surface area contributed by atoms with Crippen LogP contribution in [0.2, 0.25) is 0 Å². The first-order chi connectivity index (χ1) is 10.3. The summed E-state index contributed by atoms with van der Waals surface area (Å²) in [5, 5.41) is 3.37. The van der Waals surface area contributed by atoms with Crippen molar-refractivity contribution in [2.24, 2.45) is 17.8 Å². The van der Waals surface area contributed by atoms with Crippen LogP contribution in [0.3, 0.4) is 0 Å². The summed E-state index contributed by atoms with van der Waals surface area (Å²) in [6.07, 6.45) is 5.74. The van der Waals surface area contributed by atoms with E-state index in [9.17, 15) is 0 Å². The van der Waals surface area contributed by atoms with Crippen molar-refractivity contribution < 1.29 is 9.47 Å². The van der Waals surface area contributed by atoms with Gasteiger partial charge in [-0.15, -0.1) is 0 Å². The molecular formula is C18H27NO2. The molecule has 0 radical (unpaired) electrons. The Morgan fingerprint density at radius 2 is 2.19 bits per heavy atom. The van der Waals surface area contributed by atoms with Crippen molar-refractivity contribution in [1.29, 1.82) is 0 Å². The molecule has 3 atom stereocenters. The molecule has 3 nitrogen and oxygen atoms in total. The fraction of sp³-hybridized carbons (Fsp3) is 0.667. The summed E-state index contributed by atoms with van der Waals surface area (Å²) in [4.78, 5) is 0. The summed E-state index contributed by atoms with van der Waals surface area (Å²) in [7, 11) is 1.73. The summed E-state index contributed by atoms with van der Waals surface area (Å²) in [6, 6.07) is 8.46. The Morgan fingerprint density at radius 1 is 1.24 bits per heavy atom. The monoisotopic (exact) mass is 289 g/mol. The van der Waals surface area contributed by atoms with Crippen molar-refractivity contribution in [3.63, 3.8) is 0 Å². The minimum absolute atomic E-state index is 0.750. The van der Waals surface area contributed by atoms with E-state index in [2.05, 4.69) is 29.6 Å². The van der Waals surface area contributed by atoms with Gasteiger partial charge in [0.1, 0.15) is 5.75 Å². The quantitative estimate of drug-likeness (QED) is 0.745. The van der Waals surface area contributed by atoms with E-state index in [0.29, 0.717) is 0 Å². The number of rotatable bonds is 8. The lowest BCUT2D eigenvalue weighted by molar-refractivity contribution is 0.195. The third-order valence-corrected chi connectivity index (χ3v) is 5.06. The number of methoxy groups -OCH3 is 1. The first-order valence-corrected chi connectivity index (χ1v) is 8.26. The molecule has 1 N–H and O–H groups in total. The average molecular weight is 289 g/mol. The molecule has 0 amide bonds. The van der Waals surface area contributed by atoms with Crippen LogP contribution in [-0.4, -0.2) is 26.9 Å². The highest BCUT2D eigenvalue weighted by Crippen LogP contribution is 2.48. The molecule has 21 heavy (non-hydrogen) atoms. The van der Waals surface area contributed by atoms with Crippen LogP contribution in [0.25, 0.3) is 0 Å². The second kappa shape index (κ2) is 7.28. The minimum atomic E-state index is 0.750. The molecule has 116 valence electrons. The average Bonchev–Trinajstić information content (AvgIpc) is 3.13. The van der Waals surface area contributed by atoms with Crippen molar-refractivity contribution in [3.8, 4) is 5.75 Å². The highest BCUT2D eigenvalue weighted by molar-refractivity contribution is 5.28. The molecule has 2 aliphatic rings. The SMILES string of the molecule is COCCNCc1cccc(OCC2CC3CCC2C3)c1. The van der Waals surface area contributed by atoms with Gasteiger partial charge in [0.25, 0.3) is 0 Å².